The normalized spacial score (nSPS) is 11.4. The molecule has 1 amide bonds. The number of hydrogen-bond acceptors (Lipinski definition) is 4. The van der Waals surface area contributed by atoms with Crippen molar-refractivity contribution in [2.45, 2.75) is 26.4 Å². The molecule has 0 aliphatic heterocycles. The Hall–Kier alpha value is -3.16. The van der Waals surface area contributed by atoms with Crippen LogP contribution in [-0.4, -0.2) is 16.1 Å². The minimum absolute atomic E-state index is 0.0192. The molecule has 0 spiro atoms. The molecule has 0 atom stereocenters. The van der Waals surface area contributed by atoms with Crippen LogP contribution in [0.5, 0.6) is 0 Å². The number of anilines is 1. The highest BCUT2D eigenvalue weighted by molar-refractivity contribution is 5.90. The Balaban J connectivity index is 1.69. The number of alkyl halides is 3. The SMILES string of the molecule is Cc1ccc(C)c(CC(=O)Nc2nnc(-c3ccc(C(F)(F)F)cc3)o2)c1. The zero-order chi connectivity index (χ0) is 19.6. The molecule has 0 fully saturated rings. The Morgan fingerprint density at radius 1 is 1.07 bits per heavy atom. The van der Waals surface area contributed by atoms with Crippen molar-refractivity contribution in [2.24, 2.45) is 0 Å². The van der Waals surface area contributed by atoms with Gasteiger partial charge in [0.2, 0.25) is 11.8 Å². The van der Waals surface area contributed by atoms with Crippen molar-refractivity contribution in [1.29, 1.82) is 0 Å². The molecule has 3 rings (SSSR count). The number of halogens is 3. The highest BCUT2D eigenvalue weighted by atomic mass is 19.4. The molecule has 0 aliphatic rings. The zero-order valence-electron chi connectivity index (χ0n) is 14.6. The van der Waals surface area contributed by atoms with Gasteiger partial charge in [0.05, 0.1) is 12.0 Å². The second-order valence-electron chi connectivity index (χ2n) is 6.14. The Labute approximate surface area is 153 Å². The molecule has 1 heterocycles. The summed E-state index contributed by atoms with van der Waals surface area (Å²) in [6.07, 6.45) is -4.27. The predicted molar refractivity (Wildman–Crippen MR) is 93.0 cm³/mol. The average molecular weight is 375 g/mol. The van der Waals surface area contributed by atoms with Gasteiger partial charge in [0.25, 0.3) is 0 Å². The van der Waals surface area contributed by atoms with Crippen LogP contribution in [0, 0.1) is 13.8 Å². The van der Waals surface area contributed by atoms with Gasteiger partial charge in [-0.2, -0.15) is 13.2 Å². The third-order valence-electron chi connectivity index (χ3n) is 3.99. The molecule has 3 aromatic rings. The number of hydrogen-bond donors (Lipinski definition) is 1. The second kappa shape index (κ2) is 7.22. The third-order valence-corrected chi connectivity index (χ3v) is 3.99. The van der Waals surface area contributed by atoms with E-state index in [-0.39, 0.29) is 24.2 Å². The highest BCUT2D eigenvalue weighted by Gasteiger charge is 2.30. The number of nitrogens with one attached hydrogen (secondary N) is 1. The van der Waals surface area contributed by atoms with Crippen molar-refractivity contribution >= 4 is 11.9 Å². The van der Waals surface area contributed by atoms with Crippen molar-refractivity contribution in [3.63, 3.8) is 0 Å². The number of amides is 1. The van der Waals surface area contributed by atoms with Gasteiger partial charge in [-0.1, -0.05) is 28.9 Å². The van der Waals surface area contributed by atoms with Crippen molar-refractivity contribution < 1.29 is 22.4 Å². The minimum Gasteiger partial charge on any atom is -0.403 e. The van der Waals surface area contributed by atoms with Crippen LogP contribution in [0.4, 0.5) is 19.2 Å². The Bertz CT molecular complexity index is 963. The predicted octanol–water partition coefficient (Wildman–Crippen LogP) is 4.55. The summed E-state index contributed by atoms with van der Waals surface area (Å²) in [4.78, 5) is 12.2. The molecule has 0 saturated carbocycles. The maximum atomic E-state index is 12.6. The first-order valence-electron chi connectivity index (χ1n) is 8.09. The number of benzene rings is 2. The quantitative estimate of drug-likeness (QED) is 0.726. The number of carbonyl (C=O) groups excluding carboxylic acids is 1. The summed E-state index contributed by atoms with van der Waals surface area (Å²) in [5.41, 5.74) is 2.48. The Morgan fingerprint density at radius 2 is 1.78 bits per heavy atom. The summed E-state index contributed by atoms with van der Waals surface area (Å²) < 4.78 is 43.1. The van der Waals surface area contributed by atoms with Gasteiger partial charge < -0.3 is 4.42 Å². The van der Waals surface area contributed by atoms with E-state index in [4.69, 9.17) is 4.42 Å². The molecule has 2 aromatic carbocycles. The van der Waals surface area contributed by atoms with Gasteiger partial charge in [0.1, 0.15) is 0 Å². The van der Waals surface area contributed by atoms with E-state index < -0.39 is 11.7 Å². The van der Waals surface area contributed by atoms with Crippen molar-refractivity contribution in [2.75, 3.05) is 5.32 Å². The molecule has 8 heteroatoms. The van der Waals surface area contributed by atoms with Crippen LogP contribution in [0.25, 0.3) is 11.5 Å². The van der Waals surface area contributed by atoms with E-state index in [1.54, 1.807) is 0 Å². The van der Waals surface area contributed by atoms with E-state index in [9.17, 15) is 18.0 Å². The third kappa shape index (κ3) is 4.52. The van der Waals surface area contributed by atoms with E-state index in [1.165, 1.54) is 12.1 Å². The van der Waals surface area contributed by atoms with Crippen LogP contribution in [-0.2, 0) is 17.4 Å². The standard InChI is InChI=1S/C19H16F3N3O2/c1-11-3-4-12(2)14(9-11)10-16(26)23-18-25-24-17(27-18)13-5-7-15(8-6-13)19(20,21)22/h3-9H,10H2,1-2H3,(H,23,25,26). The van der Waals surface area contributed by atoms with Gasteiger partial charge in [-0.3, -0.25) is 10.1 Å². The lowest BCUT2D eigenvalue weighted by Crippen LogP contribution is -2.15. The molecule has 27 heavy (non-hydrogen) atoms. The zero-order valence-corrected chi connectivity index (χ0v) is 14.6. The number of nitrogens with zero attached hydrogens (tertiary/aromatic N) is 2. The minimum atomic E-state index is -4.42. The molecule has 1 N–H and O–H groups in total. The van der Waals surface area contributed by atoms with E-state index >= 15 is 0 Å². The molecule has 0 aliphatic carbocycles. The van der Waals surface area contributed by atoms with E-state index in [0.717, 1.165) is 28.8 Å². The van der Waals surface area contributed by atoms with Gasteiger partial charge in [0.15, 0.2) is 0 Å². The molecule has 0 saturated heterocycles. The summed E-state index contributed by atoms with van der Waals surface area (Å²) in [6.45, 7) is 3.85. The van der Waals surface area contributed by atoms with Crippen molar-refractivity contribution in [3.8, 4) is 11.5 Å². The summed E-state index contributed by atoms with van der Waals surface area (Å²) in [7, 11) is 0. The van der Waals surface area contributed by atoms with Crippen LogP contribution in [0.1, 0.15) is 22.3 Å². The van der Waals surface area contributed by atoms with E-state index in [0.29, 0.717) is 5.56 Å². The molecule has 5 nitrogen and oxygen atoms in total. The molecule has 140 valence electrons. The van der Waals surface area contributed by atoms with Crippen molar-refractivity contribution in [3.05, 3.63) is 64.7 Å². The Kier molecular flexibility index (Phi) is 4.98. The number of carbonyl (C=O) groups is 1. The van der Waals surface area contributed by atoms with Gasteiger partial charge in [-0.15, -0.1) is 5.10 Å². The summed E-state index contributed by atoms with van der Waals surface area (Å²) >= 11 is 0. The molecule has 0 bridgehead atoms. The molecule has 0 radical (unpaired) electrons. The van der Waals surface area contributed by atoms with Gasteiger partial charge in [-0.25, -0.2) is 0 Å². The summed E-state index contributed by atoms with van der Waals surface area (Å²) in [5, 5.41) is 9.98. The van der Waals surface area contributed by atoms with E-state index in [1.807, 2.05) is 32.0 Å². The van der Waals surface area contributed by atoms with Crippen LogP contribution < -0.4 is 5.32 Å². The average Bonchev–Trinajstić information content (AvgIpc) is 3.06. The number of aromatic nitrogens is 2. The molecule has 1 aromatic heterocycles. The van der Waals surface area contributed by atoms with Crippen LogP contribution in [0.2, 0.25) is 0 Å². The largest absolute Gasteiger partial charge is 0.416 e. The lowest BCUT2D eigenvalue weighted by Gasteiger charge is -2.06. The second-order valence-corrected chi connectivity index (χ2v) is 6.14. The smallest absolute Gasteiger partial charge is 0.403 e. The maximum Gasteiger partial charge on any atom is 0.416 e. The fourth-order valence-corrected chi connectivity index (χ4v) is 2.52. The Morgan fingerprint density at radius 3 is 2.44 bits per heavy atom. The summed E-state index contributed by atoms with van der Waals surface area (Å²) in [5.74, 6) is -0.308. The monoisotopic (exact) mass is 375 g/mol. The van der Waals surface area contributed by atoms with Crippen molar-refractivity contribution in [1.82, 2.24) is 10.2 Å². The van der Waals surface area contributed by atoms with Gasteiger partial charge >= 0.3 is 12.2 Å². The molecular formula is C19H16F3N3O2. The first-order valence-corrected chi connectivity index (χ1v) is 8.09. The van der Waals surface area contributed by atoms with Crippen LogP contribution in [0.15, 0.2) is 46.9 Å². The van der Waals surface area contributed by atoms with Crippen LogP contribution in [0.3, 0.4) is 0 Å². The fraction of sp³-hybridized carbons (Fsp3) is 0.211. The molecular weight excluding hydrogens is 359 g/mol. The fourth-order valence-electron chi connectivity index (χ4n) is 2.52. The van der Waals surface area contributed by atoms with Gasteiger partial charge in [0, 0.05) is 5.56 Å². The number of rotatable bonds is 4. The highest BCUT2D eigenvalue weighted by Crippen LogP contribution is 2.30. The van der Waals surface area contributed by atoms with Crippen LogP contribution >= 0.6 is 0 Å². The lowest BCUT2D eigenvalue weighted by molar-refractivity contribution is -0.137. The maximum absolute atomic E-state index is 12.6. The number of aryl methyl sites for hydroxylation is 2. The molecule has 0 unspecified atom stereocenters. The lowest BCUT2D eigenvalue weighted by atomic mass is 10.0. The first-order chi connectivity index (χ1) is 12.7. The van der Waals surface area contributed by atoms with Gasteiger partial charge in [-0.05, 0) is 49.2 Å². The topological polar surface area (TPSA) is 68.0 Å². The first kappa shape index (κ1) is 18.6. The summed E-state index contributed by atoms with van der Waals surface area (Å²) in [6, 6.07) is 10.0. The van der Waals surface area contributed by atoms with E-state index in [2.05, 4.69) is 15.5 Å².